The Kier molecular flexibility index (Phi) is 6.87. The Balaban J connectivity index is 1.92. The zero-order chi connectivity index (χ0) is 18.4. The molecule has 2 rings (SSSR count). The van der Waals surface area contributed by atoms with Crippen LogP contribution in [0.4, 0.5) is 11.4 Å². The molecule has 0 atom stereocenters. The molecule has 0 aliphatic rings. The summed E-state index contributed by atoms with van der Waals surface area (Å²) in [5.41, 5.74) is 1.97. The average Bonchev–Trinajstić information content (AvgIpc) is 2.94. The van der Waals surface area contributed by atoms with Gasteiger partial charge >= 0.3 is 0 Å². The summed E-state index contributed by atoms with van der Waals surface area (Å²) in [6.07, 6.45) is 0. The Bertz CT molecular complexity index is 696. The number of hydrogen-bond acceptors (Lipinski definition) is 5. The Morgan fingerprint density at radius 1 is 1.24 bits per heavy atom. The monoisotopic (exact) mass is 361 g/mol. The van der Waals surface area contributed by atoms with Gasteiger partial charge in [-0.05, 0) is 58.9 Å². The molecular weight excluding hydrogens is 334 g/mol. The van der Waals surface area contributed by atoms with Crippen LogP contribution in [-0.2, 0) is 11.3 Å². The van der Waals surface area contributed by atoms with Gasteiger partial charge in [0.25, 0.3) is 0 Å². The number of aromatic nitrogens is 3. The van der Waals surface area contributed by atoms with E-state index in [2.05, 4.69) is 41.2 Å². The van der Waals surface area contributed by atoms with E-state index in [9.17, 15) is 4.79 Å². The van der Waals surface area contributed by atoms with Crippen molar-refractivity contribution in [3.8, 4) is 0 Å². The normalized spacial score (nSPS) is 11.0. The third-order valence-electron chi connectivity index (χ3n) is 4.00. The summed E-state index contributed by atoms with van der Waals surface area (Å²) in [5, 5.41) is 11.9. The van der Waals surface area contributed by atoms with E-state index < -0.39 is 0 Å². The number of anilines is 2. The van der Waals surface area contributed by atoms with E-state index in [1.54, 1.807) is 0 Å². The van der Waals surface area contributed by atoms with Gasteiger partial charge in [0, 0.05) is 30.5 Å². The second-order valence-electron chi connectivity index (χ2n) is 6.04. The fourth-order valence-corrected chi connectivity index (χ4v) is 3.59. The molecule has 7 heteroatoms. The molecule has 1 heterocycles. The lowest BCUT2D eigenvalue weighted by atomic mass is 10.2. The summed E-state index contributed by atoms with van der Waals surface area (Å²) in [4.78, 5) is 14.5. The van der Waals surface area contributed by atoms with Crippen molar-refractivity contribution in [2.45, 2.75) is 52.4 Å². The largest absolute Gasteiger partial charge is 0.369 e. The van der Waals surface area contributed by atoms with Crippen molar-refractivity contribution in [2.24, 2.45) is 0 Å². The van der Waals surface area contributed by atoms with Gasteiger partial charge < -0.3 is 14.8 Å². The Morgan fingerprint density at radius 3 is 2.48 bits per heavy atom. The molecule has 0 bridgehead atoms. The van der Waals surface area contributed by atoms with Crippen LogP contribution in [0.3, 0.4) is 0 Å². The molecule has 0 aliphatic heterocycles. The molecular formula is C18H27N5OS. The quantitative estimate of drug-likeness (QED) is 0.728. The highest BCUT2D eigenvalue weighted by Crippen LogP contribution is 2.21. The van der Waals surface area contributed by atoms with Crippen LogP contribution in [0.5, 0.6) is 0 Å². The van der Waals surface area contributed by atoms with E-state index in [-0.39, 0.29) is 5.91 Å². The van der Waals surface area contributed by atoms with Gasteiger partial charge in [0.2, 0.25) is 5.91 Å². The van der Waals surface area contributed by atoms with Crippen LogP contribution in [0, 0.1) is 6.92 Å². The summed E-state index contributed by atoms with van der Waals surface area (Å²) < 4.78 is 2.00. The number of benzene rings is 1. The van der Waals surface area contributed by atoms with Gasteiger partial charge in [0.1, 0.15) is 5.82 Å². The number of nitrogens with one attached hydrogen (secondary N) is 1. The first-order valence-corrected chi connectivity index (χ1v) is 9.64. The maximum atomic E-state index is 12.2. The van der Waals surface area contributed by atoms with E-state index in [0.717, 1.165) is 35.4 Å². The molecule has 1 N–H and O–H groups in total. The van der Waals surface area contributed by atoms with Crippen LogP contribution < -0.4 is 10.2 Å². The van der Waals surface area contributed by atoms with Crippen LogP contribution in [0.1, 0.15) is 33.5 Å². The van der Waals surface area contributed by atoms with Crippen molar-refractivity contribution in [1.82, 2.24) is 14.8 Å². The van der Waals surface area contributed by atoms with E-state index in [4.69, 9.17) is 0 Å². The van der Waals surface area contributed by atoms with Crippen molar-refractivity contribution in [3.63, 3.8) is 0 Å². The third-order valence-corrected chi connectivity index (χ3v) is 4.96. The highest BCUT2D eigenvalue weighted by molar-refractivity contribution is 7.99. The predicted molar refractivity (Wildman–Crippen MR) is 104 cm³/mol. The number of hydrogen-bond donors (Lipinski definition) is 1. The molecule has 0 fully saturated rings. The van der Waals surface area contributed by atoms with Crippen molar-refractivity contribution in [1.29, 1.82) is 0 Å². The zero-order valence-electron chi connectivity index (χ0n) is 15.6. The number of nitrogens with zero attached hydrogens (tertiary/aromatic N) is 4. The molecule has 1 aromatic carbocycles. The van der Waals surface area contributed by atoms with Gasteiger partial charge in [0.15, 0.2) is 5.16 Å². The second-order valence-corrected chi connectivity index (χ2v) is 6.98. The third kappa shape index (κ3) is 4.98. The van der Waals surface area contributed by atoms with Gasteiger partial charge in [0.05, 0.1) is 5.75 Å². The van der Waals surface area contributed by atoms with Crippen molar-refractivity contribution in [2.75, 3.05) is 22.5 Å². The van der Waals surface area contributed by atoms with Crippen molar-refractivity contribution in [3.05, 3.63) is 30.1 Å². The molecule has 0 unspecified atom stereocenters. The minimum Gasteiger partial charge on any atom is -0.369 e. The fraction of sp³-hybridized carbons (Fsp3) is 0.500. The zero-order valence-corrected chi connectivity index (χ0v) is 16.4. The molecule has 0 saturated heterocycles. The van der Waals surface area contributed by atoms with Crippen molar-refractivity contribution >= 4 is 29.0 Å². The lowest BCUT2D eigenvalue weighted by Crippen LogP contribution is -2.30. The number of rotatable bonds is 8. The molecule has 1 aromatic heterocycles. The second kappa shape index (κ2) is 8.89. The molecule has 1 amide bonds. The van der Waals surface area contributed by atoms with Crippen LogP contribution in [0.25, 0.3) is 0 Å². The van der Waals surface area contributed by atoms with E-state index in [1.165, 1.54) is 11.8 Å². The topological polar surface area (TPSA) is 63.1 Å². The number of aryl methyl sites for hydroxylation is 1. The van der Waals surface area contributed by atoms with Crippen LogP contribution in [0.2, 0.25) is 0 Å². The standard InChI is InChI=1S/C18H27N5OS/c1-6-22(13(3)4)16-10-8-15(9-11-16)19-17(24)12-25-18-21-20-14(5)23(18)7-2/h8-11,13H,6-7,12H2,1-5H3,(H,19,24). The van der Waals surface area contributed by atoms with E-state index in [1.807, 2.05) is 42.7 Å². The molecule has 25 heavy (non-hydrogen) atoms. The minimum absolute atomic E-state index is 0.0442. The SMILES string of the molecule is CCN(c1ccc(NC(=O)CSc2nnc(C)n2CC)cc1)C(C)C. The first-order chi connectivity index (χ1) is 12.0. The van der Waals surface area contributed by atoms with Crippen LogP contribution in [0.15, 0.2) is 29.4 Å². The molecule has 136 valence electrons. The fourth-order valence-electron chi connectivity index (χ4n) is 2.74. The first kappa shape index (κ1) is 19.3. The molecule has 0 spiro atoms. The highest BCUT2D eigenvalue weighted by Gasteiger charge is 2.11. The summed E-state index contributed by atoms with van der Waals surface area (Å²) in [6, 6.07) is 8.43. The summed E-state index contributed by atoms with van der Waals surface area (Å²) in [5.74, 6) is 1.14. The van der Waals surface area contributed by atoms with Gasteiger partial charge in [-0.25, -0.2) is 0 Å². The van der Waals surface area contributed by atoms with E-state index in [0.29, 0.717) is 11.8 Å². The average molecular weight is 362 g/mol. The molecule has 0 saturated carbocycles. The Morgan fingerprint density at radius 2 is 1.92 bits per heavy atom. The number of carbonyl (C=O) groups is 1. The van der Waals surface area contributed by atoms with Gasteiger partial charge in [-0.3, -0.25) is 4.79 Å². The summed E-state index contributed by atoms with van der Waals surface area (Å²) in [7, 11) is 0. The predicted octanol–water partition coefficient (Wildman–Crippen LogP) is 3.57. The molecule has 0 radical (unpaired) electrons. The maximum absolute atomic E-state index is 12.2. The molecule has 2 aromatic rings. The van der Waals surface area contributed by atoms with E-state index >= 15 is 0 Å². The van der Waals surface area contributed by atoms with Gasteiger partial charge in [-0.1, -0.05) is 11.8 Å². The smallest absolute Gasteiger partial charge is 0.234 e. The first-order valence-electron chi connectivity index (χ1n) is 8.65. The molecule has 6 nitrogen and oxygen atoms in total. The Labute approximate surface area is 154 Å². The lowest BCUT2D eigenvalue weighted by molar-refractivity contribution is -0.113. The Hall–Kier alpha value is -2.02. The number of amides is 1. The van der Waals surface area contributed by atoms with Gasteiger partial charge in [-0.15, -0.1) is 10.2 Å². The van der Waals surface area contributed by atoms with Gasteiger partial charge in [-0.2, -0.15) is 0 Å². The number of carbonyl (C=O) groups excluding carboxylic acids is 1. The maximum Gasteiger partial charge on any atom is 0.234 e. The lowest BCUT2D eigenvalue weighted by Gasteiger charge is -2.27. The van der Waals surface area contributed by atoms with Crippen LogP contribution >= 0.6 is 11.8 Å². The highest BCUT2D eigenvalue weighted by atomic mass is 32.2. The minimum atomic E-state index is -0.0442. The summed E-state index contributed by atoms with van der Waals surface area (Å²) in [6.45, 7) is 12.2. The summed E-state index contributed by atoms with van der Waals surface area (Å²) >= 11 is 1.40. The molecule has 0 aliphatic carbocycles. The van der Waals surface area contributed by atoms with Crippen LogP contribution in [-0.4, -0.2) is 39.0 Å². The number of thioether (sulfide) groups is 1. The van der Waals surface area contributed by atoms with Crippen molar-refractivity contribution < 1.29 is 4.79 Å².